The van der Waals surface area contributed by atoms with Crippen LogP contribution in [-0.4, -0.2) is 33.5 Å². The summed E-state index contributed by atoms with van der Waals surface area (Å²) in [6.45, 7) is 4.80. The lowest BCUT2D eigenvalue weighted by Crippen LogP contribution is -2.27. The molecule has 0 radical (unpaired) electrons. The number of nitrogens with zero attached hydrogens (tertiary/aromatic N) is 5. The molecule has 0 amide bonds. The second-order valence-electron chi connectivity index (χ2n) is 3.70. The van der Waals surface area contributed by atoms with Crippen LogP contribution in [0, 0.1) is 6.92 Å². The third kappa shape index (κ3) is 1.25. The molecule has 0 aliphatic carbocycles. The van der Waals surface area contributed by atoms with Crippen molar-refractivity contribution in [1.82, 2.24) is 19.4 Å². The Kier molecular flexibility index (Phi) is 2.06. The summed E-state index contributed by atoms with van der Waals surface area (Å²) >= 11 is 0. The molecule has 82 valence electrons. The van der Waals surface area contributed by atoms with Crippen molar-refractivity contribution >= 4 is 17.1 Å². The highest BCUT2D eigenvalue weighted by Crippen LogP contribution is 2.20. The predicted octanol–water partition coefficient (Wildman–Crippen LogP) is 0.341. The lowest BCUT2D eigenvalue weighted by molar-refractivity contribution is 0.638. The lowest BCUT2D eigenvalue weighted by Gasteiger charge is -2.16. The van der Waals surface area contributed by atoms with E-state index in [1.54, 1.807) is 0 Å². The molecule has 15 heavy (non-hydrogen) atoms. The average Bonchev–Trinajstić information content (AvgIpc) is 2.63. The summed E-state index contributed by atoms with van der Waals surface area (Å²) in [5, 5.41) is 6.30. The van der Waals surface area contributed by atoms with Crippen LogP contribution >= 0.6 is 0 Å². The van der Waals surface area contributed by atoms with E-state index in [0.717, 1.165) is 23.4 Å². The first-order chi connectivity index (χ1) is 7.06. The summed E-state index contributed by atoms with van der Waals surface area (Å²) in [4.78, 5) is 4.32. The SMILES string of the molecule is CCn1nc(C)c2nc(N)n(N(C)C)c21. The average molecular weight is 208 g/mol. The van der Waals surface area contributed by atoms with Gasteiger partial charge in [0.2, 0.25) is 5.95 Å². The van der Waals surface area contributed by atoms with Gasteiger partial charge in [-0.05, 0) is 13.8 Å². The van der Waals surface area contributed by atoms with Crippen LogP contribution < -0.4 is 10.7 Å². The molecule has 0 fully saturated rings. The van der Waals surface area contributed by atoms with Crippen LogP contribution in [-0.2, 0) is 6.54 Å². The molecular weight excluding hydrogens is 192 g/mol. The Morgan fingerprint density at radius 3 is 2.60 bits per heavy atom. The molecule has 0 saturated heterocycles. The highest BCUT2D eigenvalue weighted by atomic mass is 15.6. The van der Waals surface area contributed by atoms with Gasteiger partial charge in [0.15, 0.2) is 5.65 Å². The van der Waals surface area contributed by atoms with Gasteiger partial charge in [-0.3, -0.25) is 0 Å². The van der Waals surface area contributed by atoms with Gasteiger partial charge in [0.1, 0.15) is 5.52 Å². The summed E-state index contributed by atoms with van der Waals surface area (Å²) < 4.78 is 3.77. The number of imidazole rings is 1. The Morgan fingerprint density at radius 2 is 2.07 bits per heavy atom. The maximum atomic E-state index is 5.86. The van der Waals surface area contributed by atoms with Crippen LogP contribution in [0.2, 0.25) is 0 Å². The van der Waals surface area contributed by atoms with Crippen LogP contribution in [0.5, 0.6) is 0 Å². The van der Waals surface area contributed by atoms with Crippen LogP contribution in [0.3, 0.4) is 0 Å². The molecule has 0 spiro atoms. The Labute approximate surface area is 88.3 Å². The molecule has 2 aromatic heterocycles. The van der Waals surface area contributed by atoms with Crippen molar-refractivity contribution in [3.8, 4) is 0 Å². The van der Waals surface area contributed by atoms with E-state index >= 15 is 0 Å². The molecule has 0 aliphatic rings. The minimum Gasteiger partial charge on any atom is -0.368 e. The van der Waals surface area contributed by atoms with Gasteiger partial charge in [-0.15, -0.1) is 0 Å². The van der Waals surface area contributed by atoms with Crippen molar-refractivity contribution in [2.45, 2.75) is 20.4 Å². The number of rotatable bonds is 2. The van der Waals surface area contributed by atoms with Gasteiger partial charge in [0, 0.05) is 20.6 Å². The summed E-state index contributed by atoms with van der Waals surface area (Å²) in [6.07, 6.45) is 0. The number of fused-ring (bicyclic) bond motifs is 1. The van der Waals surface area contributed by atoms with Gasteiger partial charge >= 0.3 is 0 Å². The van der Waals surface area contributed by atoms with Gasteiger partial charge in [-0.1, -0.05) is 0 Å². The zero-order valence-corrected chi connectivity index (χ0v) is 9.52. The fourth-order valence-corrected chi connectivity index (χ4v) is 1.79. The maximum Gasteiger partial charge on any atom is 0.222 e. The van der Waals surface area contributed by atoms with Crippen molar-refractivity contribution in [3.05, 3.63) is 5.69 Å². The van der Waals surface area contributed by atoms with Crippen molar-refractivity contribution in [1.29, 1.82) is 0 Å². The van der Waals surface area contributed by atoms with Gasteiger partial charge < -0.3 is 10.7 Å². The van der Waals surface area contributed by atoms with Gasteiger partial charge in [0.05, 0.1) is 5.69 Å². The molecule has 2 aromatic rings. The van der Waals surface area contributed by atoms with Crippen LogP contribution in [0.15, 0.2) is 0 Å². The van der Waals surface area contributed by atoms with Crippen molar-refractivity contribution in [2.75, 3.05) is 24.8 Å². The Balaban J connectivity index is 2.83. The second-order valence-corrected chi connectivity index (χ2v) is 3.70. The van der Waals surface area contributed by atoms with Crippen molar-refractivity contribution in [3.63, 3.8) is 0 Å². The van der Waals surface area contributed by atoms with Crippen LogP contribution in [0.4, 0.5) is 5.95 Å². The molecule has 0 aromatic carbocycles. The number of nitrogens with two attached hydrogens (primary N) is 1. The monoisotopic (exact) mass is 208 g/mol. The number of hydrogen-bond acceptors (Lipinski definition) is 4. The van der Waals surface area contributed by atoms with E-state index in [-0.39, 0.29) is 0 Å². The highest BCUT2D eigenvalue weighted by molar-refractivity contribution is 5.77. The number of nitrogen functional groups attached to an aromatic ring is 1. The van der Waals surface area contributed by atoms with Crippen LogP contribution in [0.1, 0.15) is 12.6 Å². The van der Waals surface area contributed by atoms with E-state index in [9.17, 15) is 0 Å². The normalized spacial score (nSPS) is 11.2. The summed E-state index contributed by atoms with van der Waals surface area (Å²) in [6, 6.07) is 0. The zero-order valence-electron chi connectivity index (χ0n) is 9.52. The highest BCUT2D eigenvalue weighted by Gasteiger charge is 2.17. The molecule has 6 heteroatoms. The fraction of sp³-hybridized carbons (Fsp3) is 0.556. The van der Waals surface area contributed by atoms with Crippen molar-refractivity contribution < 1.29 is 0 Å². The molecular formula is C9H16N6. The number of anilines is 1. The minimum atomic E-state index is 0.498. The summed E-state index contributed by atoms with van der Waals surface area (Å²) in [5.74, 6) is 0.498. The Morgan fingerprint density at radius 1 is 1.40 bits per heavy atom. The Bertz CT molecular complexity index is 492. The molecule has 2 N–H and O–H groups in total. The molecule has 2 rings (SSSR count). The number of hydrogen-bond donors (Lipinski definition) is 1. The third-order valence-corrected chi connectivity index (χ3v) is 2.41. The third-order valence-electron chi connectivity index (χ3n) is 2.41. The summed E-state index contributed by atoms with van der Waals surface area (Å²) in [5.41, 5.74) is 8.61. The zero-order chi connectivity index (χ0) is 11.2. The molecule has 0 unspecified atom stereocenters. The largest absolute Gasteiger partial charge is 0.368 e. The minimum absolute atomic E-state index is 0.498. The fourth-order valence-electron chi connectivity index (χ4n) is 1.79. The van der Waals surface area contributed by atoms with E-state index in [2.05, 4.69) is 17.0 Å². The molecule has 0 atom stereocenters. The quantitative estimate of drug-likeness (QED) is 0.773. The number of aryl methyl sites for hydroxylation is 2. The predicted molar refractivity (Wildman–Crippen MR) is 60.4 cm³/mol. The second kappa shape index (κ2) is 3.15. The van der Waals surface area contributed by atoms with Crippen LogP contribution in [0.25, 0.3) is 11.2 Å². The van der Waals surface area contributed by atoms with E-state index in [1.165, 1.54) is 0 Å². The standard InChI is InChI=1S/C9H16N6/c1-5-14-8-7(6(2)12-14)11-9(10)15(8)13(3)4/h5H2,1-4H3,(H2,10,11). The Hall–Kier alpha value is -1.72. The maximum absolute atomic E-state index is 5.86. The van der Waals surface area contributed by atoms with Crippen molar-refractivity contribution in [2.24, 2.45) is 0 Å². The van der Waals surface area contributed by atoms with E-state index in [1.807, 2.05) is 35.4 Å². The van der Waals surface area contributed by atoms with Gasteiger partial charge in [-0.2, -0.15) is 5.10 Å². The smallest absolute Gasteiger partial charge is 0.222 e. The molecule has 0 bridgehead atoms. The van der Waals surface area contributed by atoms with E-state index in [0.29, 0.717) is 5.95 Å². The lowest BCUT2D eigenvalue weighted by atomic mass is 10.4. The molecule has 0 aliphatic heterocycles. The first kappa shape index (κ1) is 9.82. The summed E-state index contributed by atoms with van der Waals surface area (Å²) in [7, 11) is 3.86. The number of aromatic nitrogens is 4. The molecule has 0 saturated carbocycles. The van der Waals surface area contributed by atoms with E-state index < -0.39 is 0 Å². The molecule has 2 heterocycles. The van der Waals surface area contributed by atoms with Gasteiger partial charge in [0.25, 0.3) is 0 Å². The topological polar surface area (TPSA) is 64.9 Å². The first-order valence-electron chi connectivity index (χ1n) is 4.95. The van der Waals surface area contributed by atoms with Gasteiger partial charge in [-0.25, -0.2) is 14.3 Å². The first-order valence-corrected chi connectivity index (χ1v) is 4.95. The molecule has 6 nitrogen and oxygen atoms in total. The van der Waals surface area contributed by atoms with E-state index in [4.69, 9.17) is 5.73 Å².